The molecular weight excluding hydrogens is 394 g/mol. The molecule has 0 aliphatic rings. The lowest BCUT2D eigenvalue weighted by Gasteiger charge is -2.13. The van der Waals surface area contributed by atoms with Gasteiger partial charge in [0.1, 0.15) is 11.6 Å². The summed E-state index contributed by atoms with van der Waals surface area (Å²) in [5.41, 5.74) is 5.42. The zero-order valence-electron chi connectivity index (χ0n) is 18.2. The molecule has 0 spiro atoms. The first-order valence-electron chi connectivity index (χ1n) is 10.7. The fraction of sp³-hybridized carbons (Fsp3) is 0.143. The van der Waals surface area contributed by atoms with E-state index < -0.39 is 0 Å². The zero-order valence-corrected chi connectivity index (χ0v) is 18.2. The van der Waals surface area contributed by atoms with Crippen LogP contribution in [0.25, 0.3) is 17.0 Å². The van der Waals surface area contributed by atoms with Crippen LogP contribution in [0, 0.1) is 18.3 Å². The molecule has 0 saturated carbocycles. The fourth-order valence-electron chi connectivity index (χ4n) is 3.93. The molecule has 4 aromatic rings. The number of benzene rings is 3. The number of hydrogen-bond donors (Lipinski definition) is 1. The molecule has 158 valence electrons. The largest absolute Gasteiger partial charge is 0.345 e. The summed E-state index contributed by atoms with van der Waals surface area (Å²) >= 11 is 0. The van der Waals surface area contributed by atoms with Crippen molar-refractivity contribution < 1.29 is 4.79 Å². The van der Waals surface area contributed by atoms with E-state index in [9.17, 15) is 10.1 Å². The number of fused-ring (bicyclic) bond motifs is 1. The normalized spacial score (nSPS) is 12.3. The van der Waals surface area contributed by atoms with Gasteiger partial charge >= 0.3 is 0 Å². The van der Waals surface area contributed by atoms with Crippen molar-refractivity contribution in [2.75, 3.05) is 0 Å². The molecule has 3 aromatic carbocycles. The van der Waals surface area contributed by atoms with Crippen LogP contribution >= 0.6 is 0 Å². The van der Waals surface area contributed by atoms with Crippen LogP contribution in [0.3, 0.4) is 0 Å². The Kier molecular flexibility index (Phi) is 6.19. The second-order valence-electron chi connectivity index (χ2n) is 7.99. The third-order valence-corrected chi connectivity index (χ3v) is 5.57. The summed E-state index contributed by atoms with van der Waals surface area (Å²) in [6, 6.07) is 28.1. The van der Waals surface area contributed by atoms with E-state index in [2.05, 4.69) is 53.2 Å². The van der Waals surface area contributed by atoms with Gasteiger partial charge in [-0.25, -0.2) is 0 Å². The molecule has 4 nitrogen and oxygen atoms in total. The Balaban J connectivity index is 1.64. The van der Waals surface area contributed by atoms with E-state index in [0.29, 0.717) is 0 Å². The van der Waals surface area contributed by atoms with Gasteiger partial charge in [-0.2, -0.15) is 5.26 Å². The fourth-order valence-corrected chi connectivity index (χ4v) is 3.93. The SMILES string of the molecule is Cc1cccc(Cn2cc(/C=C(\C#N)C(=O)N[C@@H](C)c3ccccc3)c3ccccc32)c1. The molecule has 1 amide bonds. The molecule has 1 atom stereocenters. The van der Waals surface area contributed by atoms with E-state index >= 15 is 0 Å². The average Bonchev–Trinajstić information content (AvgIpc) is 3.15. The summed E-state index contributed by atoms with van der Waals surface area (Å²) < 4.78 is 2.16. The second-order valence-corrected chi connectivity index (χ2v) is 7.99. The lowest BCUT2D eigenvalue weighted by atomic mass is 10.1. The lowest BCUT2D eigenvalue weighted by Crippen LogP contribution is -2.27. The molecule has 4 rings (SSSR count). The molecule has 0 aliphatic heterocycles. The van der Waals surface area contributed by atoms with E-state index in [4.69, 9.17) is 0 Å². The van der Waals surface area contributed by atoms with E-state index in [1.807, 2.05) is 61.7 Å². The Morgan fingerprint density at radius 3 is 2.56 bits per heavy atom. The first-order chi connectivity index (χ1) is 15.5. The second kappa shape index (κ2) is 9.36. The topological polar surface area (TPSA) is 57.8 Å². The number of amides is 1. The van der Waals surface area contributed by atoms with Crippen LogP contribution in [0.4, 0.5) is 0 Å². The molecule has 0 fully saturated rings. The van der Waals surface area contributed by atoms with Gasteiger partial charge in [-0.1, -0.05) is 78.4 Å². The summed E-state index contributed by atoms with van der Waals surface area (Å²) in [4.78, 5) is 12.8. The Morgan fingerprint density at radius 1 is 1.06 bits per heavy atom. The van der Waals surface area contributed by atoms with E-state index in [1.54, 1.807) is 6.08 Å². The number of rotatable bonds is 6. The van der Waals surface area contributed by atoms with Gasteiger partial charge in [0.15, 0.2) is 0 Å². The monoisotopic (exact) mass is 419 g/mol. The van der Waals surface area contributed by atoms with Gasteiger partial charge in [0, 0.05) is 29.2 Å². The van der Waals surface area contributed by atoms with Crippen molar-refractivity contribution in [3.63, 3.8) is 0 Å². The molecule has 1 aromatic heterocycles. The maximum absolute atomic E-state index is 12.8. The predicted octanol–water partition coefficient (Wildman–Crippen LogP) is 5.78. The van der Waals surface area contributed by atoms with E-state index in [-0.39, 0.29) is 17.5 Å². The third kappa shape index (κ3) is 4.63. The van der Waals surface area contributed by atoms with Crippen molar-refractivity contribution in [2.45, 2.75) is 26.4 Å². The Bertz CT molecular complexity index is 1330. The van der Waals surface area contributed by atoms with Crippen LogP contribution in [-0.4, -0.2) is 10.5 Å². The predicted molar refractivity (Wildman–Crippen MR) is 129 cm³/mol. The van der Waals surface area contributed by atoms with Crippen molar-refractivity contribution in [2.24, 2.45) is 0 Å². The van der Waals surface area contributed by atoms with Crippen LogP contribution in [0.5, 0.6) is 0 Å². The van der Waals surface area contributed by atoms with Gasteiger partial charge in [-0.15, -0.1) is 0 Å². The number of hydrogen-bond acceptors (Lipinski definition) is 2. The molecule has 0 unspecified atom stereocenters. The summed E-state index contributed by atoms with van der Waals surface area (Å²) in [6.45, 7) is 4.71. The number of aryl methyl sites for hydroxylation is 1. The van der Waals surface area contributed by atoms with Crippen molar-refractivity contribution in [3.05, 3.63) is 113 Å². The average molecular weight is 420 g/mol. The Labute approximate surface area is 188 Å². The minimum atomic E-state index is -0.376. The van der Waals surface area contributed by atoms with Crippen LogP contribution in [0.1, 0.15) is 35.2 Å². The van der Waals surface area contributed by atoms with Gasteiger partial charge in [0.25, 0.3) is 5.91 Å². The zero-order chi connectivity index (χ0) is 22.5. The van der Waals surface area contributed by atoms with Crippen LogP contribution in [0.15, 0.2) is 90.6 Å². The van der Waals surface area contributed by atoms with Gasteiger partial charge < -0.3 is 9.88 Å². The molecule has 32 heavy (non-hydrogen) atoms. The number of nitriles is 1. The summed E-state index contributed by atoms with van der Waals surface area (Å²) in [5.74, 6) is -0.376. The van der Waals surface area contributed by atoms with E-state index in [1.165, 1.54) is 11.1 Å². The number of nitrogens with one attached hydrogen (secondary N) is 1. The highest BCUT2D eigenvalue weighted by Gasteiger charge is 2.15. The molecule has 0 bridgehead atoms. The van der Waals surface area contributed by atoms with Gasteiger partial charge in [-0.05, 0) is 37.1 Å². The summed E-state index contributed by atoms with van der Waals surface area (Å²) in [5, 5.41) is 13.6. The summed E-state index contributed by atoms with van der Waals surface area (Å²) in [7, 11) is 0. The molecule has 1 N–H and O–H groups in total. The minimum absolute atomic E-state index is 0.0891. The molecule has 0 aliphatic carbocycles. The lowest BCUT2D eigenvalue weighted by molar-refractivity contribution is -0.117. The highest BCUT2D eigenvalue weighted by atomic mass is 16.1. The van der Waals surface area contributed by atoms with Gasteiger partial charge in [0.05, 0.1) is 6.04 Å². The molecule has 1 heterocycles. The molecule has 0 radical (unpaired) electrons. The first kappa shape index (κ1) is 21.1. The van der Waals surface area contributed by atoms with Crippen molar-refractivity contribution in [1.82, 2.24) is 9.88 Å². The summed E-state index contributed by atoms with van der Waals surface area (Å²) in [6.07, 6.45) is 3.69. The molecule has 4 heteroatoms. The Hall–Kier alpha value is -4.10. The van der Waals surface area contributed by atoms with Gasteiger partial charge in [-0.3, -0.25) is 4.79 Å². The molecule has 0 saturated heterocycles. The Morgan fingerprint density at radius 2 is 1.81 bits per heavy atom. The number of nitrogens with zero attached hydrogens (tertiary/aromatic N) is 2. The quantitative estimate of drug-likeness (QED) is 0.318. The van der Waals surface area contributed by atoms with Crippen LogP contribution < -0.4 is 5.32 Å². The number of para-hydroxylation sites is 1. The van der Waals surface area contributed by atoms with Gasteiger partial charge in [0.2, 0.25) is 0 Å². The number of carbonyl (C=O) groups is 1. The highest BCUT2D eigenvalue weighted by Crippen LogP contribution is 2.25. The van der Waals surface area contributed by atoms with Crippen molar-refractivity contribution in [3.8, 4) is 6.07 Å². The highest BCUT2D eigenvalue weighted by molar-refractivity contribution is 6.04. The smallest absolute Gasteiger partial charge is 0.262 e. The van der Waals surface area contributed by atoms with Crippen LogP contribution in [0.2, 0.25) is 0 Å². The van der Waals surface area contributed by atoms with Crippen molar-refractivity contribution in [1.29, 1.82) is 5.26 Å². The standard InChI is InChI=1S/C28H25N3O/c1-20-9-8-10-22(15-20)18-31-19-25(26-13-6-7-14-27(26)31)16-24(17-29)28(32)30-21(2)23-11-4-3-5-12-23/h3-16,19,21H,18H2,1-2H3,(H,30,32)/b24-16+/t21-/m0/s1. The minimum Gasteiger partial charge on any atom is -0.345 e. The maximum atomic E-state index is 12.8. The van der Waals surface area contributed by atoms with E-state index in [0.717, 1.165) is 28.6 Å². The molecular formula is C28H25N3O. The number of carbonyl (C=O) groups excluding carboxylic acids is 1. The maximum Gasteiger partial charge on any atom is 0.262 e. The number of aromatic nitrogens is 1. The third-order valence-electron chi connectivity index (χ3n) is 5.57. The first-order valence-corrected chi connectivity index (χ1v) is 10.7. The van der Waals surface area contributed by atoms with Crippen molar-refractivity contribution >= 4 is 22.9 Å². The van der Waals surface area contributed by atoms with Crippen LogP contribution in [-0.2, 0) is 11.3 Å².